The van der Waals surface area contributed by atoms with E-state index in [0.29, 0.717) is 31.4 Å². The average Bonchev–Trinajstić information content (AvgIpc) is 3.00. The quantitative estimate of drug-likeness (QED) is 0.879. The second kappa shape index (κ2) is 6.86. The van der Waals surface area contributed by atoms with Crippen molar-refractivity contribution in [2.75, 3.05) is 11.4 Å². The van der Waals surface area contributed by atoms with Crippen molar-refractivity contribution in [2.45, 2.75) is 51.0 Å². The molecule has 1 saturated heterocycles. The Labute approximate surface area is 147 Å². The number of nitrogens with zero attached hydrogens (tertiary/aromatic N) is 1. The maximum Gasteiger partial charge on any atom is 0.308 e. The molecule has 25 heavy (non-hydrogen) atoms. The van der Waals surface area contributed by atoms with E-state index < -0.39 is 17.4 Å². The molecule has 134 valence electrons. The number of benzene rings is 1. The van der Waals surface area contributed by atoms with Crippen LogP contribution in [0.25, 0.3) is 0 Å². The van der Waals surface area contributed by atoms with Crippen LogP contribution in [0.15, 0.2) is 24.3 Å². The van der Waals surface area contributed by atoms with Crippen LogP contribution in [0.4, 0.5) is 5.69 Å². The van der Waals surface area contributed by atoms with Crippen molar-refractivity contribution < 1.29 is 19.5 Å². The van der Waals surface area contributed by atoms with Gasteiger partial charge in [0.2, 0.25) is 5.91 Å². The van der Waals surface area contributed by atoms with Crippen LogP contribution in [0, 0.1) is 5.92 Å². The van der Waals surface area contributed by atoms with E-state index in [2.05, 4.69) is 5.32 Å². The lowest BCUT2D eigenvalue weighted by molar-refractivity contribution is -0.145. The van der Waals surface area contributed by atoms with Gasteiger partial charge in [-0.2, -0.15) is 0 Å². The third-order valence-corrected chi connectivity index (χ3v) is 5.40. The van der Waals surface area contributed by atoms with Gasteiger partial charge in [-0.25, -0.2) is 0 Å². The topological polar surface area (TPSA) is 86.7 Å². The number of anilines is 1. The lowest BCUT2D eigenvalue weighted by Crippen LogP contribution is -2.55. The maximum absolute atomic E-state index is 12.7. The molecular weight excluding hydrogens is 320 g/mol. The number of aliphatic carboxylic acids is 1. The van der Waals surface area contributed by atoms with Crippen molar-refractivity contribution in [1.29, 1.82) is 0 Å². The lowest BCUT2D eigenvalue weighted by Gasteiger charge is -2.39. The smallest absolute Gasteiger partial charge is 0.308 e. The van der Waals surface area contributed by atoms with Gasteiger partial charge in [0.25, 0.3) is 5.91 Å². The Balaban J connectivity index is 1.79. The van der Waals surface area contributed by atoms with Gasteiger partial charge in [0, 0.05) is 24.2 Å². The Kier molecular flexibility index (Phi) is 4.79. The summed E-state index contributed by atoms with van der Waals surface area (Å²) in [6, 6.07) is 6.98. The predicted molar refractivity (Wildman–Crippen MR) is 93.5 cm³/mol. The van der Waals surface area contributed by atoms with E-state index in [-0.39, 0.29) is 11.8 Å². The Bertz CT molecular complexity index is 702. The molecule has 1 aliphatic heterocycles. The molecule has 2 aliphatic rings. The summed E-state index contributed by atoms with van der Waals surface area (Å²) < 4.78 is 0. The summed E-state index contributed by atoms with van der Waals surface area (Å²) in [5, 5.41) is 12.4. The van der Waals surface area contributed by atoms with E-state index in [1.807, 2.05) is 13.0 Å². The zero-order chi connectivity index (χ0) is 18.0. The van der Waals surface area contributed by atoms with Crippen LogP contribution in [0.3, 0.4) is 0 Å². The van der Waals surface area contributed by atoms with Gasteiger partial charge in [-0.3, -0.25) is 14.4 Å². The highest BCUT2D eigenvalue weighted by Gasteiger charge is 2.42. The molecule has 2 fully saturated rings. The fraction of sp³-hybridized carbons (Fsp3) is 0.526. The third kappa shape index (κ3) is 3.52. The van der Waals surface area contributed by atoms with Gasteiger partial charge in [-0.05, 0) is 44.4 Å². The molecule has 2 N–H and O–H groups in total. The number of carbonyl (C=O) groups excluding carboxylic acids is 2. The minimum Gasteiger partial charge on any atom is -0.481 e. The van der Waals surface area contributed by atoms with E-state index in [1.165, 1.54) is 0 Å². The summed E-state index contributed by atoms with van der Waals surface area (Å²) in [7, 11) is 0. The van der Waals surface area contributed by atoms with Crippen LogP contribution in [0.5, 0.6) is 0 Å². The van der Waals surface area contributed by atoms with Crippen molar-refractivity contribution >= 4 is 23.5 Å². The summed E-state index contributed by atoms with van der Waals surface area (Å²) in [5.74, 6) is -1.65. The number of hydrogen-bond donors (Lipinski definition) is 2. The molecule has 6 nitrogen and oxygen atoms in total. The second-order valence-electron chi connectivity index (χ2n) is 7.21. The molecule has 2 amide bonds. The van der Waals surface area contributed by atoms with Gasteiger partial charge < -0.3 is 15.3 Å². The molecule has 0 aromatic heterocycles. The third-order valence-electron chi connectivity index (χ3n) is 5.40. The van der Waals surface area contributed by atoms with Crippen molar-refractivity contribution in [2.24, 2.45) is 5.92 Å². The first-order valence-corrected chi connectivity index (χ1v) is 8.86. The number of carbonyl (C=O) groups is 3. The van der Waals surface area contributed by atoms with Crippen LogP contribution in [-0.4, -0.2) is 35.0 Å². The van der Waals surface area contributed by atoms with Gasteiger partial charge in [0.1, 0.15) is 0 Å². The molecule has 1 heterocycles. The molecule has 3 rings (SSSR count). The zero-order valence-electron chi connectivity index (χ0n) is 14.5. The standard InChI is InChI=1S/C19H24N2O4/c1-19(10-3-2-8-15(19)18(24)25)20-17(23)13-6-4-7-14(12-13)21-11-5-9-16(21)22/h4,6-7,12,15H,2-3,5,8-11H2,1H3,(H,20,23)(H,24,25). The molecule has 1 aromatic rings. The molecule has 0 spiro atoms. The number of carboxylic acids is 1. The van der Waals surface area contributed by atoms with Crippen molar-refractivity contribution in [1.82, 2.24) is 5.32 Å². The van der Waals surface area contributed by atoms with Gasteiger partial charge in [-0.1, -0.05) is 18.9 Å². The first-order chi connectivity index (χ1) is 11.9. The highest BCUT2D eigenvalue weighted by Crippen LogP contribution is 2.34. The van der Waals surface area contributed by atoms with Crippen molar-refractivity contribution in [3.8, 4) is 0 Å². The Morgan fingerprint density at radius 2 is 2.08 bits per heavy atom. The van der Waals surface area contributed by atoms with E-state index in [0.717, 1.165) is 24.9 Å². The highest BCUT2D eigenvalue weighted by atomic mass is 16.4. The summed E-state index contributed by atoms with van der Waals surface area (Å²) in [6.07, 6.45) is 4.37. The number of hydrogen-bond acceptors (Lipinski definition) is 3. The Morgan fingerprint density at radius 3 is 2.76 bits per heavy atom. The minimum absolute atomic E-state index is 0.0720. The summed E-state index contributed by atoms with van der Waals surface area (Å²) in [6.45, 7) is 2.49. The molecule has 0 bridgehead atoms. The number of carboxylic acid groups (broad SMARTS) is 1. The minimum atomic E-state index is -0.862. The average molecular weight is 344 g/mol. The van der Waals surface area contributed by atoms with Crippen molar-refractivity contribution in [3.63, 3.8) is 0 Å². The second-order valence-corrected chi connectivity index (χ2v) is 7.21. The van der Waals surface area contributed by atoms with E-state index in [9.17, 15) is 19.5 Å². The lowest BCUT2D eigenvalue weighted by atomic mass is 9.73. The fourth-order valence-electron chi connectivity index (χ4n) is 3.95. The monoisotopic (exact) mass is 344 g/mol. The summed E-state index contributed by atoms with van der Waals surface area (Å²) >= 11 is 0. The Hall–Kier alpha value is -2.37. The molecule has 1 aliphatic carbocycles. The van der Waals surface area contributed by atoms with Crippen molar-refractivity contribution in [3.05, 3.63) is 29.8 Å². The Morgan fingerprint density at radius 1 is 1.28 bits per heavy atom. The maximum atomic E-state index is 12.7. The normalized spacial score (nSPS) is 26.5. The van der Waals surface area contributed by atoms with Crippen LogP contribution in [0.2, 0.25) is 0 Å². The molecule has 0 radical (unpaired) electrons. The first-order valence-electron chi connectivity index (χ1n) is 8.86. The molecule has 2 atom stereocenters. The van der Waals surface area contributed by atoms with Crippen LogP contribution in [-0.2, 0) is 9.59 Å². The molecule has 6 heteroatoms. The predicted octanol–water partition coefficient (Wildman–Crippen LogP) is 2.58. The van der Waals surface area contributed by atoms with E-state index >= 15 is 0 Å². The fourth-order valence-corrected chi connectivity index (χ4v) is 3.95. The van der Waals surface area contributed by atoms with Gasteiger partial charge in [-0.15, -0.1) is 0 Å². The number of rotatable bonds is 4. The zero-order valence-corrected chi connectivity index (χ0v) is 14.5. The van der Waals surface area contributed by atoms with E-state index in [1.54, 1.807) is 23.1 Å². The number of nitrogens with one attached hydrogen (secondary N) is 1. The molecule has 1 saturated carbocycles. The summed E-state index contributed by atoms with van der Waals surface area (Å²) in [4.78, 5) is 37.9. The van der Waals surface area contributed by atoms with Crippen LogP contribution >= 0.6 is 0 Å². The van der Waals surface area contributed by atoms with E-state index in [4.69, 9.17) is 0 Å². The number of amides is 2. The van der Waals surface area contributed by atoms with Gasteiger partial charge >= 0.3 is 5.97 Å². The largest absolute Gasteiger partial charge is 0.481 e. The molecule has 1 aromatic carbocycles. The molecule has 2 unspecified atom stereocenters. The highest BCUT2D eigenvalue weighted by molar-refractivity contribution is 5.99. The first kappa shape index (κ1) is 17.5. The van der Waals surface area contributed by atoms with Crippen LogP contribution < -0.4 is 10.2 Å². The SMILES string of the molecule is CC1(NC(=O)c2cccc(N3CCCC3=O)c2)CCCCC1C(=O)O. The van der Waals surface area contributed by atoms with Gasteiger partial charge in [0.05, 0.1) is 11.5 Å². The van der Waals surface area contributed by atoms with Crippen LogP contribution in [0.1, 0.15) is 55.8 Å². The van der Waals surface area contributed by atoms with Gasteiger partial charge in [0.15, 0.2) is 0 Å². The molecular formula is C19H24N2O4. The summed E-state index contributed by atoms with van der Waals surface area (Å²) in [5.41, 5.74) is 0.424.